The number of halogens is 1. The minimum absolute atomic E-state index is 0.0183. The fraction of sp³-hybridized carbons (Fsp3) is 0.385. The summed E-state index contributed by atoms with van der Waals surface area (Å²) in [6.45, 7) is 7.31. The van der Waals surface area contributed by atoms with E-state index in [0.717, 1.165) is 53.1 Å². The number of aromatic nitrogens is 1. The lowest BCUT2D eigenvalue weighted by Gasteiger charge is -2.29. The van der Waals surface area contributed by atoms with E-state index in [1.165, 1.54) is 6.42 Å². The van der Waals surface area contributed by atoms with Crippen molar-refractivity contribution in [3.8, 4) is 11.3 Å². The van der Waals surface area contributed by atoms with Crippen LogP contribution in [0.25, 0.3) is 11.3 Å². The average Bonchev–Trinajstić information content (AvgIpc) is 3.22. The van der Waals surface area contributed by atoms with Gasteiger partial charge in [-0.3, -0.25) is 4.79 Å². The van der Waals surface area contributed by atoms with E-state index in [4.69, 9.17) is 4.52 Å². The van der Waals surface area contributed by atoms with Crippen molar-refractivity contribution in [2.45, 2.75) is 39.7 Å². The third-order valence-electron chi connectivity index (χ3n) is 5.75. The van der Waals surface area contributed by atoms with Crippen molar-refractivity contribution in [3.05, 3.63) is 70.2 Å². The maximum Gasteiger partial charge on any atom is 0.254 e. The molecule has 0 bridgehead atoms. The fourth-order valence-electron chi connectivity index (χ4n) is 4.27. The minimum Gasteiger partial charge on any atom is -0.340 e. The number of carbonyl (C=O) groups is 1. The number of carbonyl (C=O) groups excluding carboxylic acids is 1. The summed E-state index contributed by atoms with van der Waals surface area (Å²) < 4.78 is 6.83. The largest absolute Gasteiger partial charge is 0.340 e. The van der Waals surface area contributed by atoms with E-state index in [2.05, 4.69) is 39.8 Å². The first-order valence-corrected chi connectivity index (χ1v) is 12.2. The van der Waals surface area contributed by atoms with Gasteiger partial charge in [0, 0.05) is 35.2 Å². The molecule has 0 N–H and O–H groups in total. The van der Waals surface area contributed by atoms with Crippen molar-refractivity contribution in [1.82, 2.24) is 10.1 Å². The van der Waals surface area contributed by atoms with Crippen molar-refractivity contribution in [2.75, 3.05) is 24.5 Å². The fourth-order valence-corrected chi connectivity index (χ4v) is 4.67. The van der Waals surface area contributed by atoms with Crippen LogP contribution in [0.5, 0.6) is 0 Å². The smallest absolute Gasteiger partial charge is 0.254 e. The van der Waals surface area contributed by atoms with Crippen LogP contribution < -0.4 is 4.90 Å². The highest BCUT2D eigenvalue weighted by Crippen LogP contribution is 2.34. The maximum absolute atomic E-state index is 13.5. The standard InChI is InChI=1S/C26H30BrN3O2/c1-19(2)17-30(25(31)21-12-9-13-22(27)16-21)18-23-24(20-10-5-3-6-11-20)28-32-26(23)29-14-7-4-8-15-29/h3,5-6,9-13,16,19H,4,7-8,14-15,17-18H2,1-2H3. The van der Waals surface area contributed by atoms with Gasteiger partial charge in [-0.15, -0.1) is 0 Å². The summed E-state index contributed by atoms with van der Waals surface area (Å²) in [4.78, 5) is 17.8. The third kappa shape index (κ3) is 5.23. The molecule has 1 aliphatic rings. The number of rotatable bonds is 7. The normalized spacial score (nSPS) is 14.1. The predicted octanol–water partition coefficient (Wildman–Crippen LogP) is 6.39. The van der Waals surface area contributed by atoms with Crippen LogP contribution in [0.15, 0.2) is 63.6 Å². The zero-order valence-electron chi connectivity index (χ0n) is 18.8. The zero-order valence-corrected chi connectivity index (χ0v) is 20.3. The van der Waals surface area contributed by atoms with Gasteiger partial charge in [0.2, 0.25) is 5.88 Å². The molecule has 1 amide bonds. The third-order valence-corrected chi connectivity index (χ3v) is 6.24. The van der Waals surface area contributed by atoms with Crippen LogP contribution in [0.3, 0.4) is 0 Å². The highest BCUT2D eigenvalue weighted by molar-refractivity contribution is 9.10. The molecule has 1 fully saturated rings. The first kappa shape index (κ1) is 22.6. The van der Waals surface area contributed by atoms with Gasteiger partial charge in [0.15, 0.2) is 0 Å². The summed E-state index contributed by atoms with van der Waals surface area (Å²) in [6, 6.07) is 17.7. The molecule has 4 rings (SSSR count). The van der Waals surface area contributed by atoms with E-state index >= 15 is 0 Å². The average molecular weight is 496 g/mol. The Kier molecular flexibility index (Phi) is 7.30. The highest BCUT2D eigenvalue weighted by atomic mass is 79.9. The summed E-state index contributed by atoms with van der Waals surface area (Å²) in [6.07, 6.45) is 3.54. The first-order chi connectivity index (χ1) is 15.5. The number of benzene rings is 2. The van der Waals surface area contributed by atoms with Crippen LogP contribution in [0.2, 0.25) is 0 Å². The molecule has 32 heavy (non-hydrogen) atoms. The number of amides is 1. The first-order valence-electron chi connectivity index (χ1n) is 11.4. The monoisotopic (exact) mass is 495 g/mol. The van der Waals surface area contributed by atoms with Crippen LogP contribution >= 0.6 is 15.9 Å². The Morgan fingerprint density at radius 1 is 1.09 bits per heavy atom. The van der Waals surface area contributed by atoms with E-state index in [0.29, 0.717) is 24.6 Å². The molecule has 5 nitrogen and oxygen atoms in total. The summed E-state index contributed by atoms with van der Waals surface area (Å²) in [7, 11) is 0. The van der Waals surface area contributed by atoms with E-state index in [1.807, 2.05) is 59.5 Å². The van der Waals surface area contributed by atoms with E-state index in [1.54, 1.807) is 0 Å². The molecular formula is C26H30BrN3O2. The molecule has 6 heteroatoms. The SMILES string of the molecule is CC(C)CN(Cc1c(-c2ccccc2)noc1N1CCCCC1)C(=O)c1cccc(Br)c1. The van der Waals surface area contributed by atoms with Crippen LogP contribution in [0.4, 0.5) is 5.88 Å². The quantitative estimate of drug-likeness (QED) is 0.380. The van der Waals surface area contributed by atoms with E-state index < -0.39 is 0 Å². The van der Waals surface area contributed by atoms with Gasteiger partial charge < -0.3 is 14.3 Å². The summed E-state index contributed by atoms with van der Waals surface area (Å²) in [5.41, 5.74) is 3.50. The molecule has 1 aromatic heterocycles. The number of hydrogen-bond acceptors (Lipinski definition) is 4. The maximum atomic E-state index is 13.5. The molecule has 0 spiro atoms. The molecule has 0 aliphatic carbocycles. The second kappa shape index (κ2) is 10.3. The molecular weight excluding hydrogens is 466 g/mol. The van der Waals surface area contributed by atoms with Crippen LogP contribution in [0, 0.1) is 5.92 Å². The van der Waals surface area contributed by atoms with Gasteiger partial charge in [-0.25, -0.2) is 0 Å². The second-order valence-electron chi connectivity index (χ2n) is 8.82. The van der Waals surface area contributed by atoms with Crippen LogP contribution in [-0.4, -0.2) is 35.6 Å². The Morgan fingerprint density at radius 2 is 1.84 bits per heavy atom. The number of hydrogen-bond donors (Lipinski definition) is 0. The van der Waals surface area contributed by atoms with E-state index in [9.17, 15) is 4.79 Å². The van der Waals surface area contributed by atoms with Gasteiger partial charge in [-0.2, -0.15) is 0 Å². The van der Waals surface area contributed by atoms with E-state index in [-0.39, 0.29) is 5.91 Å². The minimum atomic E-state index is 0.0183. The van der Waals surface area contributed by atoms with Crippen molar-refractivity contribution >= 4 is 27.7 Å². The van der Waals surface area contributed by atoms with Gasteiger partial charge in [0.05, 0.1) is 12.1 Å². The number of anilines is 1. The van der Waals surface area contributed by atoms with Crippen LogP contribution in [-0.2, 0) is 6.54 Å². The molecule has 1 saturated heterocycles. The van der Waals surface area contributed by atoms with Gasteiger partial charge >= 0.3 is 0 Å². The lowest BCUT2D eigenvalue weighted by Crippen LogP contribution is -2.35. The zero-order chi connectivity index (χ0) is 22.5. The second-order valence-corrected chi connectivity index (χ2v) is 9.73. The summed E-state index contributed by atoms with van der Waals surface area (Å²) in [5.74, 6) is 1.16. The Bertz CT molecular complexity index is 1040. The Labute approximate surface area is 198 Å². The van der Waals surface area contributed by atoms with Crippen molar-refractivity contribution in [2.24, 2.45) is 5.92 Å². The molecule has 3 aromatic rings. The summed E-state index contributed by atoms with van der Waals surface area (Å²) >= 11 is 3.49. The Hall–Kier alpha value is -2.60. The van der Waals surface area contributed by atoms with Crippen molar-refractivity contribution in [3.63, 3.8) is 0 Å². The van der Waals surface area contributed by atoms with Gasteiger partial charge in [-0.1, -0.05) is 71.3 Å². The van der Waals surface area contributed by atoms with Gasteiger partial charge in [0.25, 0.3) is 5.91 Å². The van der Waals surface area contributed by atoms with Crippen molar-refractivity contribution < 1.29 is 9.32 Å². The molecule has 2 heterocycles. The molecule has 0 radical (unpaired) electrons. The molecule has 0 saturated carbocycles. The lowest BCUT2D eigenvalue weighted by molar-refractivity contribution is 0.0723. The predicted molar refractivity (Wildman–Crippen MR) is 132 cm³/mol. The number of nitrogens with zero attached hydrogens (tertiary/aromatic N) is 3. The molecule has 2 aromatic carbocycles. The molecule has 168 valence electrons. The van der Waals surface area contributed by atoms with Gasteiger partial charge in [-0.05, 0) is 43.4 Å². The Morgan fingerprint density at radius 3 is 2.53 bits per heavy atom. The Balaban J connectivity index is 1.73. The molecule has 0 atom stereocenters. The topological polar surface area (TPSA) is 49.6 Å². The van der Waals surface area contributed by atoms with Crippen molar-refractivity contribution in [1.29, 1.82) is 0 Å². The number of piperidine rings is 1. The summed E-state index contributed by atoms with van der Waals surface area (Å²) in [5, 5.41) is 4.48. The highest BCUT2D eigenvalue weighted by Gasteiger charge is 2.27. The molecule has 1 aliphatic heterocycles. The lowest BCUT2D eigenvalue weighted by atomic mass is 10.0. The molecule has 0 unspecified atom stereocenters. The van der Waals surface area contributed by atoms with Crippen LogP contribution in [0.1, 0.15) is 49.0 Å². The van der Waals surface area contributed by atoms with Gasteiger partial charge in [0.1, 0.15) is 5.69 Å².